The summed E-state index contributed by atoms with van der Waals surface area (Å²) in [4.78, 5) is 15.6. The van der Waals surface area contributed by atoms with Crippen molar-refractivity contribution in [2.75, 3.05) is 0 Å². The van der Waals surface area contributed by atoms with Crippen molar-refractivity contribution in [3.05, 3.63) is 163 Å². The maximum atomic E-state index is 6.11. The van der Waals surface area contributed by atoms with Gasteiger partial charge in [0.1, 0.15) is 11.2 Å². The number of hydrogen-bond donors (Lipinski definition) is 0. The van der Waals surface area contributed by atoms with Crippen LogP contribution in [0.25, 0.3) is 89.1 Å². The lowest BCUT2D eigenvalue weighted by atomic mass is 9.43. The summed E-state index contributed by atoms with van der Waals surface area (Å²) in [5.41, 5.74) is 13.1. The van der Waals surface area contributed by atoms with E-state index in [4.69, 9.17) is 19.4 Å². The molecule has 2 heterocycles. The van der Waals surface area contributed by atoms with Gasteiger partial charge in [0, 0.05) is 32.9 Å². The lowest BCUT2D eigenvalue weighted by Gasteiger charge is -2.61. The van der Waals surface area contributed by atoms with Gasteiger partial charge in [0.25, 0.3) is 0 Å². The van der Waals surface area contributed by atoms with Crippen LogP contribution < -0.4 is 0 Å². The zero-order chi connectivity index (χ0) is 37.2. The molecule has 14 rings (SSSR count). The summed E-state index contributed by atoms with van der Waals surface area (Å²) in [7, 11) is 0. The molecule has 4 nitrogen and oxygen atoms in total. The van der Waals surface area contributed by atoms with Crippen molar-refractivity contribution in [3.8, 4) is 56.4 Å². The smallest absolute Gasteiger partial charge is 0.164 e. The van der Waals surface area contributed by atoms with Crippen molar-refractivity contribution in [1.82, 2.24) is 15.0 Å². The van der Waals surface area contributed by atoms with Crippen molar-refractivity contribution < 1.29 is 4.42 Å². The largest absolute Gasteiger partial charge is 0.456 e. The molecule has 272 valence electrons. The van der Waals surface area contributed by atoms with Crippen LogP contribution in [-0.4, -0.2) is 15.0 Å². The minimum absolute atomic E-state index is 0.0225. The second kappa shape index (κ2) is 11.8. The van der Waals surface area contributed by atoms with Gasteiger partial charge in [-0.1, -0.05) is 127 Å². The van der Waals surface area contributed by atoms with Crippen molar-refractivity contribution in [3.63, 3.8) is 0 Å². The molecule has 0 amide bonds. The van der Waals surface area contributed by atoms with Crippen LogP contribution in [0, 0.1) is 23.7 Å². The molecule has 0 saturated heterocycles. The Morgan fingerprint density at radius 2 is 1.00 bits per heavy atom. The number of benzene rings is 7. The molecule has 4 saturated carbocycles. The SMILES string of the molecule is c1ccc(-c2nc(-c3ccc(-c4ccc5oc6ccccc6c5c4)cc3)nc(-c3ccc4c(c3)C3(c5c-4ccc4ccccc54)C4CC5CC(C4)CC3C5)n2)cc1. The summed E-state index contributed by atoms with van der Waals surface area (Å²) in [5.74, 6) is 5.18. The Morgan fingerprint density at radius 3 is 1.77 bits per heavy atom. The lowest BCUT2D eigenvalue weighted by Crippen LogP contribution is -2.55. The van der Waals surface area contributed by atoms with Crippen LogP contribution in [0.3, 0.4) is 0 Å². The van der Waals surface area contributed by atoms with E-state index < -0.39 is 0 Å². The predicted octanol–water partition coefficient (Wildman–Crippen LogP) is 13.3. The van der Waals surface area contributed by atoms with Crippen LogP contribution in [-0.2, 0) is 5.41 Å². The number of hydrogen-bond acceptors (Lipinski definition) is 4. The van der Waals surface area contributed by atoms with E-state index in [0.29, 0.717) is 23.5 Å². The molecular formula is C53H39N3O. The molecular weight excluding hydrogens is 695 g/mol. The molecule has 4 bridgehead atoms. The van der Waals surface area contributed by atoms with E-state index in [9.17, 15) is 0 Å². The molecule has 7 aromatic carbocycles. The first-order chi connectivity index (χ1) is 28.2. The number of fused-ring (bicyclic) bond motifs is 8. The molecule has 5 aliphatic rings. The van der Waals surface area contributed by atoms with Gasteiger partial charge in [0.15, 0.2) is 17.5 Å². The minimum Gasteiger partial charge on any atom is -0.456 e. The molecule has 0 unspecified atom stereocenters. The number of rotatable bonds is 4. The van der Waals surface area contributed by atoms with Gasteiger partial charge < -0.3 is 4.42 Å². The highest BCUT2D eigenvalue weighted by Crippen LogP contribution is 2.70. The summed E-state index contributed by atoms with van der Waals surface area (Å²) < 4.78 is 6.11. The van der Waals surface area contributed by atoms with Crippen molar-refractivity contribution in [1.29, 1.82) is 0 Å². The van der Waals surface area contributed by atoms with Gasteiger partial charge in [-0.15, -0.1) is 0 Å². The molecule has 2 aromatic heterocycles. The molecule has 57 heavy (non-hydrogen) atoms. The first-order valence-corrected chi connectivity index (χ1v) is 20.7. The fourth-order valence-corrected chi connectivity index (χ4v) is 12.2. The number of furan rings is 1. The molecule has 5 aliphatic carbocycles. The normalized spacial score (nSPS) is 22.8. The third kappa shape index (κ3) is 4.58. The second-order valence-corrected chi connectivity index (χ2v) is 17.2. The van der Waals surface area contributed by atoms with E-state index in [-0.39, 0.29) is 5.41 Å². The number of nitrogens with zero attached hydrogens (tertiary/aromatic N) is 3. The molecule has 0 radical (unpaired) electrons. The van der Waals surface area contributed by atoms with Gasteiger partial charge in [0.2, 0.25) is 0 Å². The molecule has 1 spiro atoms. The zero-order valence-electron chi connectivity index (χ0n) is 31.5. The fraction of sp³-hybridized carbons (Fsp3) is 0.189. The minimum atomic E-state index is 0.0225. The first-order valence-electron chi connectivity index (χ1n) is 20.7. The van der Waals surface area contributed by atoms with E-state index in [2.05, 4.69) is 133 Å². The Hall–Kier alpha value is -6.39. The second-order valence-electron chi connectivity index (χ2n) is 17.2. The maximum Gasteiger partial charge on any atom is 0.164 e. The van der Waals surface area contributed by atoms with E-state index in [1.807, 2.05) is 18.2 Å². The van der Waals surface area contributed by atoms with Crippen LogP contribution in [0.4, 0.5) is 0 Å². The van der Waals surface area contributed by atoms with Gasteiger partial charge in [-0.3, -0.25) is 0 Å². The van der Waals surface area contributed by atoms with Crippen LogP contribution in [0.15, 0.2) is 156 Å². The highest BCUT2D eigenvalue weighted by atomic mass is 16.3. The van der Waals surface area contributed by atoms with Crippen molar-refractivity contribution in [2.45, 2.75) is 37.5 Å². The average Bonchev–Trinajstić information content (AvgIpc) is 3.79. The fourth-order valence-electron chi connectivity index (χ4n) is 12.2. The molecule has 0 atom stereocenters. The van der Waals surface area contributed by atoms with Crippen molar-refractivity contribution in [2.24, 2.45) is 23.7 Å². The summed E-state index contributed by atoms with van der Waals surface area (Å²) in [6.07, 6.45) is 6.81. The summed E-state index contributed by atoms with van der Waals surface area (Å²) in [6, 6.07) is 54.7. The summed E-state index contributed by atoms with van der Waals surface area (Å²) >= 11 is 0. The molecule has 0 aliphatic heterocycles. The van der Waals surface area contributed by atoms with Crippen LogP contribution in [0.5, 0.6) is 0 Å². The highest BCUT2D eigenvalue weighted by Gasteiger charge is 2.62. The molecule has 4 heteroatoms. The van der Waals surface area contributed by atoms with E-state index in [1.165, 1.54) is 59.6 Å². The maximum absolute atomic E-state index is 6.11. The average molecular weight is 734 g/mol. The molecule has 0 N–H and O–H groups in total. The lowest BCUT2D eigenvalue weighted by molar-refractivity contribution is -0.0393. The standard InChI is InChI=1S/C53H39N3O/c1-2-9-35(10-3-1)50-54-51(36-16-14-33(15-17-36)37-20-23-48-45(29-37)43-12-6-7-13-47(43)57-48)56-52(55-50)38-19-21-42-44-22-18-34-8-4-5-11-41(34)49(44)53(46(42)30-38)39-25-31-24-32(27-39)28-40(53)26-31/h1-23,29-32,39-40H,24-28H2. The number of aromatic nitrogens is 3. The highest BCUT2D eigenvalue weighted by molar-refractivity contribution is 6.06. The Morgan fingerprint density at radius 1 is 0.421 bits per heavy atom. The van der Waals surface area contributed by atoms with Gasteiger partial charge in [-0.2, -0.15) is 0 Å². The predicted molar refractivity (Wildman–Crippen MR) is 230 cm³/mol. The number of para-hydroxylation sites is 1. The molecule has 4 fully saturated rings. The van der Waals surface area contributed by atoms with Gasteiger partial charge in [-0.05, 0) is 124 Å². The Kier molecular flexibility index (Phi) is 6.59. The van der Waals surface area contributed by atoms with E-state index in [0.717, 1.165) is 67.4 Å². The van der Waals surface area contributed by atoms with Crippen LogP contribution in [0.2, 0.25) is 0 Å². The first kappa shape index (κ1) is 31.8. The molecule has 9 aromatic rings. The van der Waals surface area contributed by atoms with Crippen molar-refractivity contribution >= 4 is 32.7 Å². The summed E-state index contributed by atoms with van der Waals surface area (Å²) in [5, 5.41) is 5.06. The third-order valence-electron chi connectivity index (χ3n) is 14.3. The Labute approximate surface area is 331 Å². The monoisotopic (exact) mass is 733 g/mol. The van der Waals surface area contributed by atoms with Gasteiger partial charge in [-0.25, -0.2) is 15.0 Å². The zero-order valence-corrected chi connectivity index (χ0v) is 31.5. The third-order valence-corrected chi connectivity index (χ3v) is 14.3. The van der Waals surface area contributed by atoms with Gasteiger partial charge in [0.05, 0.1) is 0 Å². The summed E-state index contributed by atoms with van der Waals surface area (Å²) in [6.45, 7) is 0. The van der Waals surface area contributed by atoms with E-state index >= 15 is 0 Å². The van der Waals surface area contributed by atoms with Crippen LogP contribution in [0.1, 0.15) is 43.2 Å². The van der Waals surface area contributed by atoms with Crippen LogP contribution >= 0.6 is 0 Å². The topological polar surface area (TPSA) is 51.8 Å². The Bertz CT molecular complexity index is 3060. The van der Waals surface area contributed by atoms with E-state index in [1.54, 1.807) is 5.56 Å². The van der Waals surface area contributed by atoms with Gasteiger partial charge >= 0.3 is 0 Å². The Balaban J connectivity index is 0.952. The quantitative estimate of drug-likeness (QED) is 0.181.